The Labute approximate surface area is 167 Å². The summed E-state index contributed by atoms with van der Waals surface area (Å²) in [4.78, 5) is 6.39. The van der Waals surface area contributed by atoms with Gasteiger partial charge in [-0.05, 0) is 66.3 Å². The first-order valence-corrected chi connectivity index (χ1v) is 9.18. The number of nitrogens with zero attached hydrogens (tertiary/aromatic N) is 2. The predicted octanol–water partition coefficient (Wildman–Crippen LogP) is 4.35. The lowest BCUT2D eigenvalue weighted by Gasteiger charge is -2.26. The number of aromatic nitrogens is 1. The van der Waals surface area contributed by atoms with E-state index >= 15 is 0 Å². The molecule has 0 aliphatic carbocycles. The topological polar surface area (TPSA) is 46.6 Å². The fourth-order valence-corrected chi connectivity index (χ4v) is 3.13. The van der Waals surface area contributed by atoms with Crippen molar-refractivity contribution in [2.75, 3.05) is 12.1 Å². The molecule has 7 heteroatoms. The minimum atomic E-state index is -0.290. The standard InChI is InChI=1S/C21H18FN3O2S/c22-16-5-7-17(8-6-16)24-21(28)25(13-18-3-1-2-10-23-18)12-15-4-9-19-20(11-15)27-14-26-19/h1-11H,12-14H2,(H,24,28). The first-order chi connectivity index (χ1) is 13.7. The maximum absolute atomic E-state index is 13.2. The van der Waals surface area contributed by atoms with Crippen LogP contribution in [0.4, 0.5) is 10.1 Å². The van der Waals surface area contributed by atoms with Gasteiger partial charge in [0.05, 0.1) is 12.2 Å². The lowest BCUT2D eigenvalue weighted by Crippen LogP contribution is -2.34. The third-order valence-corrected chi connectivity index (χ3v) is 4.63. The number of hydrogen-bond donors (Lipinski definition) is 1. The van der Waals surface area contributed by atoms with Crippen molar-refractivity contribution in [3.63, 3.8) is 0 Å². The highest BCUT2D eigenvalue weighted by Gasteiger charge is 2.17. The van der Waals surface area contributed by atoms with E-state index in [0.717, 1.165) is 28.4 Å². The summed E-state index contributed by atoms with van der Waals surface area (Å²) in [6.45, 7) is 1.32. The molecule has 142 valence electrons. The van der Waals surface area contributed by atoms with Gasteiger partial charge in [0.2, 0.25) is 6.79 Å². The smallest absolute Gasteiger partial charge is 0.231 e. The molecule has 1 aliphatic rings. The van der Waals surface area contributed by atoms with Crippen LogP contribution in [0.1, 0.15) is 11.3 Å². The Morgan fingerprint density at radius 3 is 2.64 bits per heavy atom. The van der Waals surface area contributed by atoms with Crippen molar-refractivity contribution in [2.45, 2.75) is 13.1 Å². The quantitative estimate of drug-likeness (QED) is 0.648. The van der Waals surface area contributed by atoms with Crippen molar-refractivity contribution in [2.24, 2.45) is 0 Å². The Kier molecular flexibility index (Phi) is 5.34. The van der Waals surface area contributed by atoms with E-state index in [4.69, 9.17) is 21.7 Å². The molecule has 1 N–H and O–H groups in total. The number of halogens is 1. The van der Waals surface area contributed by atoms with E-state index in [9.17, 15) is 4.39 Å². The number of benzene rings is 2. The molecule has 0 fully saturated rings. The molecule has 0 bridgehead atoms. The fourth-order valence-electron chi connectivity index (χ4n) is 2.88. The van der Waals surface area contributed by atoms with Crippen molar-refractivity contribution in [1.82, 2.24) is 9.88 Å². The van der Waals surface area contributed by atoms with Gasteiger partial charge in [0.25, 0.3) is 0 Å². The van der Waals surface area contributed by atoms with E-state index in [2.05, 4.69) is 10.3 Å². The van der Waals surface area contributed by atoms with Crippen LogP contribution in [0.3, 0.4) is 0 Å². The number of pyridine rings is 1. The van der Waals surface area contributed by atoms with Crippen LogP contribution in [-0.2, 0) is 13.1 Å². The van der Waals surface area contributed by atoms with E-state index in [0.29, 0.717) is 18.2 Å². The lowest BCUT2D eigenvalue weighted by molar-refractivity contribution is 0.174. The van der Waals surface area contributed by atoms with Gasteiger partial charge in [-0.1, -0.05) is 12.1 Å². The number of fused-ring (bicyclic) bond motifs is 1. The second kappa shape index (κ2) is 8.22. The largest absolute Gasteiger partial charge is 0.454 e. The Balaban J connectivity index is 1.54. The number of ether oxygens (including phenoxy) is 2. The molecule has 0 atom stereocenters. The first kappa shape index (κ1) is 18.2. The molecule has 0 spiro atoms. The number of thiocarbonyl (C=S) groups is 1. The number of anilines is 1. The zero-order chi connectivity index (χ0) is 19.3. The monoisotopic (exact) mass is 395 g/mol. The number of hydrogen-bond acceptors (Lipinski definition) is 4. The molecular formula is C21H18FN3O2S. The average Bonchev–Trinajstić information content (AvgIpc) is 3.18. The maximum Gasteiger partial charge on any atom is 0.231 e. The van der Waals surface area contributed by atoms with Crippen LogP contribution in [0.5, 0.6) is 11.5 Å². The van der Waals surface area contributed by atoms with Crippen LogP contribution in [0.25, 0.3) is 0 Å². The Morgan fingerprint density at radius 1 is 1.04 bits per heavy atom. The van der Waals surface area contributed by atoms with Crippen molar-refractivity contribution in [3.8, 4) is 11.5 Å². The summed E-state index contributed by atoms with van der Waals surface area (Å²) in [6, 6.07) is 17.7. The van der Waals surface area contributed by atoms with Crippen molar-refractivity contribution >= 4 is 23.0 Å². The van der Waals surface area contributed by atoms with E-state index in [1.165, 1.54) is 12.1 Å². The van der Waals surface area contributed by atoms with E-state index in [1.807, 2.05) is 41.3 Å². The highest BCUT2D eigenvalue weighted by molar-refractivity contribution is 7.80. The molecule has 2 aromatic carbocycles. The molecule has 0 saturated heterocycles. The van der Waals surface area contributed by atoms with Crippen molar-refractivity contribution < 1.29 is 13.9 Å². The minimum Gasteiger partial charge on any atom is -0.454 e. The molecule has 0 unspecified atom stereocenters. The fraction of sp³-hybridized carbons (Fsp3) is 0.143. The zero-order valence-electron chi connectivity index (χ0n) is 15.0. The minimum absolute atomic E-state index is 0.237. The Bertz CT molecular complexity index is 967. The second-order valence-electron chi connectivity index (χ2n) is 6.30. The van der Waals surface area contributed by atoms with Crippen molar-refractivity contribution in [3.05, 3.63) is 83.9 Å². The first-order valence-electron chi connectivity index (χ1n) is 8.77. The van der Waals surface area contributed by atoms with Crippen LogP contribution >= 0.6 is 12.2 Å². The Hall–Kier alpha value is -3.19. The van der Waals surface area contributed by atoms with Crippen LogP contribution in [-0.4, -0.2) is 21.8 Å². The van der Waals surface area contributed by atoms with Gasteiger partial charge in [-0.3, -0.25) is 4.98 Å². The van der Waals surface area contributed by atoms with Gasteiger partial charge in [0.15, 0.2) is 16.6 Å². The van der Waals surface area contributed by atoms with Gasteiger partial charge in [0, 0.05) is 18.4 Å². The molecular weight excluding hydrogens is 377 g/mol. The van der Waals surface area contributed by atoms with Gasteiger partial charge < -0.3 is 19.7 Å². The molecule has 0 radical (unpaired) electrons. The van der Waals surface area contributed by atoms with Gasteiger partial charge in [-0.25, -0.2) is 4.39 Å². The lowest BCUT2D eigenvalue weighted by atomic mass is 10.2. The van der Waals surface area contributed by atoms with Crippen LogP contribution in [0, 0.1) is 5.82 Å². The van der Waals surface area contributed by atoms with Crippen molar-refractivity contribution in [1.29, 1.82) is 0 Å². The Morgan fingerprint density at radius 2 is 1.86 bits per heavy atom. The van der Waals surface area contributed by atoms with E-state index in [-0.39, 0.29) is 12.6 Å². The summed E-state index contributed by atoms with van der Waals surface area (Å²) in [7, 11) is 0. The molecule has 2 heterocycles. The summed E-state index contributed by atoms with van der Waals surface area (Å²) in [5.41, 5.74) is 2.65. The summed E-state index contributed by atoms with van der Waals surface area (Å²) in [6.07, 6.45) is 1.75. The third-order valence-electron chi connectivity index (χ3n) is 4.27. The molecule has 0 saturated carbocycles. The van der Waals surface area contributed by atoms with Gasteiger partial charge in [-0.15, -0.1) is 0 Å². The highest BCUT2D eigenvalue weighted by atomic mass is 32.1. The summed E-state index contributed by atoms with van der Waals surface area (Å²) < 4.78 is 24.0. The molecule has 1 aliphatic heterocycles. The molecule has 1 aromatic heterocycles. The SMILES string of the molecule is Fc1ccc(NC(=S)N(Cc2ccc3c(c2)OCO3)Cc2ccccn2)cc1. The molecule has 3 aromatic rings. The van der Waals surface area contributed by atoms with Gasteiger partial charge in [-0.2, -0.15) is 0 Å². The molecule has 28 heavy (non-hydrogen) atoms. The highest BCUT2D eigenvalue weighted by Crippen LogP contribution is 2.33. The van der Waals surface area contributed by atoms with E-state index in [1.54, 1.807) is 18.3 Å². The summed E-state index contributed by atoms with van der Waals surface area (Å²) in [5, 5.41) is 3.69. The van der Waals surface area contributed by atoms with Crippen LogP contribution in [0.2, 0.25) is 0 Å². The number of nitrogens with one attached hydrogen (secondary N) is 1. The maximum atomic E-state index is 13.2. The van der Waals surface area contributed by atoms with Crippen LogP contribution in [0.15, 0.2) is 66.9 Å². The molecule has 5 nitrogen and oxygen atoms in total. The van der Waals surface area contributed by atoms with Crippen LogP contribution < -0.4 is 14.8 Å². The molecule has 4 rings (SSSR count). The van der Waals surface area contributed by atoms with Gasteiger partial charge >= 0.3 is 0 Å². The summed E-state index contributed by atoms with van der Waals surface area (Å²) in [5.74, 6) is 1.18. The van der Waals surface area contributed by atoms with E-state index < -0.39 is 0 Å². The second-order valence-corrected chi connectivity index (χ2v) is 6.69. The third kappa shape index (κ3) is 4.37. The average molecular weight is 395 g/mol. The van der Waals surface area contributed by atoms with Gasteiger partial charge in [0.1, 0.15) is 5.82 Å². The normalized spacial score (nSPS) is 11.9. The zero-order valence-corrected chi connectivity index (χ0v) is 15.8. The molecule has 0 amide bonds. The predicted molar refractivity (Wildman–Crippen MR) is 109 cm³/mol. The summed E-state index contributed by atoms with van der Waals surface area (Å²) >= 11 is 5.63. The number of rotatable bonds is 5.